The zero-order chi connectivity index (χ0) is 21.4. The van der Waals surface area contributed by atoms with E-state index in [4.69, 9.17) is 0 Å². The van der Waals surface area contributed by atoms with Crippen molar-refractivity contribution in [2.45, 2.75) is 17.0 Å². The molecule has 0 radical (unpaired) electrons. The molecule has 1 N–H and O–H groups in total. The number of halogens is 2. The number of rotatable bonds is 5. The van der Waals surface area contributed by atoms with Gasteiger partial charge in [0.1, 0.15) is 6.54 Å². The lowest BCUT2D eigenvalue weighted by atomic mass is 10.1. The molecule has 2 aliphatic heterocycles. The highest BCUT2D eigenvalue weighted by Crippen LogP contribution is 2.32. The lowest BCUT2D eigenvalue weighted by Gasteiger charge is -2.20. The van der Waals surface area contributed by atoms with Gasteiger partial charge in [0.05, 0.1) is 5.69 Å². The van der Waals surface area contributed by atoms with Gasteiger partial charge in [-0.3, -0.25) is 19.4 Å². The Labute approximate surface area is 173 Å². The molecule has 154 valence electrons. The van der Waals surface area contributed by atoms with E-state index >= 15 is 0 Å². The molecule has 2 aromatic rings. The monoisotopic (exact) mass is 431 g/mol. The Hall–Kier alpha value is -3.34. The molecule has 0 saturated carbocycles. The molecular formula is C19H15F2N5O3S. The van der Waals surface area contributed by atoms with E-state index < -0.39 is 41.4 Å². The van der Waals surface area contributed by atoms with Crippen LogP contribution in [0.1, 0.15) is 0 Å². The van der Waals surface area contributed by atoms with E-state index in [2.05, 4.69) is 15.7 Å². The highest BCUT2D eigenvalue weighted by Gasteiger charge is 2.55. The van der Waals surface area contributed by atoms with Crippen LogP contribution in [0.25, 0.3) is 0 Å². The van der Waals surface area contributed by atoms with Gasteiger partial charge in [0.2, 0.25) is 5.91 Å². The number of carbonyl (C=O) groups excluding carboxylic acids is 3. The molecule has 30 heavy (non-hydrogen) atoms. The van der Waals surface area contributed by atoms with Crippen LogP contribution < -0.4 is 10.2 Å². The summed E-state index contributed by atoms with van der Waals surface area (Å²) in [5.41, 5.74) is 0.476. The van der Waals surface area contributed by atoms with E-state index in [1.807, 2.05) is 12.3 Å². The van der Waals surface area contributed by atoms with Crippen LogP contribution in [0.2, 0.25) is 0 Å². The van der Waals surface area contributed by atoms with Crippen molar-refractivity contribution < 1.29 is 23.2 Å². The molecule has 11 heteroatoms. The Morgan fingerprint density at radius 1 is 1.13 bits per heavy atom. The van der Waals surface area contributed by atoms with E-state index in [9.17, 15) is 23.2 Å². The van der Waals surface area contributed by atoms with Crippen LogP contribution in [0.3, 0.4) is 0 Å². The molecule has 0 bridgehead atoms. The summed E-state index contributed by atoms with van der Waals surface area (Å²) in [5.74, 6) is -4.15. The van der Waals surface area contributed by atoms with Crippen molar-refractivity contribution in [3.05, 3.63) is 54.1 Å². The minimum Gasteiger partial charge on any atom is -0.324 e. The second-order valence-corrected chi connectivity index (χ2v) is 7.46. The SMILES string of the molecule is CSc1cccc(NC(=O)CN2N=NC3C(=O)N(c4ccc(F)c(F)c4)C(=O)C32)c1. The molecule has 0 aromatic heterocycles. The van der Waals surface area contributed by atoms with Crippen molar-refractivity contribution >= 4 is 40.9 Å². The second-order valence-electron chi connectivity index (χ2n) is 6.58. The number of carbonyl (C=O) groups is 3. The normalized spacial score (nSPS) is 20.1. The highest BCUT2D eigenvalue weighted by molar-refractivity contribution is 7.98. The Morgan fingerprint density at radius 3 is 2.67 bits per heavy atom. The first-order valence-electron chi connectivity index (χ1n) is 8.83. The van der Waals surface area contributed by atoms with E-state index in [0.717, 1.165) is 33.0 Å². The molecule has 0 aliphatic carbocycles. The van der Waals surface area contributed by atoms with E-state index in [-0.39, 0.29) is 12.2 Å². The van der Waals surface area contributed by atoms with Gasteiger partial charge in [-0.15, -0.1) is 11.8 Å². The zero-order valence-corrected chi connectivity index (χ0v) is 16.4. The summed E-state index contributed by atoms with van der Waals surface area (Å²) in [6.07, 6.45) is 1.91. The standard InChI is InChI=1S/C19H15F2N5O3S/c1-30-12-4-2-3-10(7-12)22-15(27)9-25-17-16(23-24-25)18(28)26(19(17)29)11-5-6-13(20)14(21)8-11/h2-8,16-17H,9H2,1H3,(H,22,27). The van der Waals surface area contributed by atoms with Gasteiger partial charge >= 0.3 is 0 Å². The second kappa shape index (κ2) is 7.82. The third-order valence-corrected chi connectivity index (χ3v) is 5.40. The number of fused-ring (bicyclic) bond motifs is 1. The molecular weight excluding hydrogens is 416 g/mol. The van der Waals surface area contributed by atoms with Crippen LogP contribution in [0.15, 0.2) is 57.7 Å². The molecule has 8 nitrogen and oxygen atoms in total. The number of hydrogen-bond donors (Lipinski definition) is 1. The van der Waals surface area contributed by atoms with Crippen LogP contribution in [0, 0.1) is 11.6 Å². The number of imide groups is 1. The topological polar surface area (TPSA) is 94.4 Å². The van der Waals surface area contributed by atoms with Gasteiger partial charge in [0.15, 0.2) is 23.7 Å². The number of benzene rings is 2. The number of thioether (sulfide) groups is 1. The van der Waals surface area contributed by atoms with E-state index in [0.29, 0.717) is 5.69 Å². The first-order valence-corrected chi connectivity index (χ1v) is 10.1. The fourth-order valence-electron chi connectivity index (χ4n) is 3.28. The lowest BCUT2D eigenvalue weighted by Crippen LogP contribution is -2.43. The molecule has 2 heterocycles. The Kier molecular flexibility index (Phi) is 5.20. The van der Waals surface area contributed by atoms with Crippen LogP contribution in [-0.4, -0.2) is 47.6 Å². The van der Waals surface area contributed by atoms with Gasteiger partial charge in [-0.1, -0.05) is 11.3 Å². The van der Waals surface area contributed by atoms with Crippen LogP contribution in [-0.2, 0) is 14.4 Å². The fraction of sp³-hybridized carbons (Fsp3) is 0.211. The van der Waals surface area contributed by atoms with Gasteiger partial charge < -0.3 is 5.32 Å². The van der Waals surface area contributed by atoms with Crippen molar-refractivity contribution in [3.8, 4) is 0 Å². The molecule has 2 aromatic carbocycles. The minimum atomic E-state index is -1.18. The summed E-state index contributed by atoms with van der Waals surface area (Å²) >= 11 is 1.52. The molecule has 2 aliphatic rings. The third kappa shape index (κ3) is 3.52. The molecule has 2 atom stereocenters. The predicted molar refractivity (Wildman–Crippen MR) is 105 cm³/mol. The average molecular weight is 431 g/mol. The number of hydrogen-bond acceptors (Lipinski definition) is 7. The quantitative estimate of drug-likeness (QED) is 0.580. The number of nitrogens with zero attached hydrogens (tertiary/aromatic N) is 4. The predicted octanol–water partition coefficient (Wildman–Crippen LogP) is 2.62. The number of anilines is 2. The number of nitrogens with one attached hydrogen (secondary N) is 1. The van der Waals surface area contributed by atoms with Gasteiger partial charge in [-0.2, -0.15) is 5.11 Å². The maximum absolute atomic E-state index is 13.6. The first kappa shape index (κ1) is 20.0. The molecule has 2 unspecified atom stereocenters. The van der Waals surface area contributed by atoms with Crippen LogP contribution in [0.4, 0.5) is 20.2 Å². The van der Waals surface area contributed by atoms with E-state index in [1.54, 1.807) is 18.2 Å². The average Bonchev–Trinajstić information content (AvgIpc) is 3.24. The van der Waals surface area contributed by atoms with Crippen molar-refractivity contribution in [3.63, 3.8) is 0 Å². The summed E-state index contributed by atoms with van der Waals surface area (Å²) in [4.78, 5) is 39.5. The largest absolute Gasteiger partial charge is 0.324 e. The molecule has 0 spiro atoms. The summed E-state index contributed by atoms with van der Waals surface area (Å²) in [5, 5.41) is 11.4. The summed E-state index contributed by atoms with van der Waals surface area (Å²) in [7, 11) is 0. The minimum absolute atomic E-state index is 0.105. The smallest absolute Gasteiger partial charge is 0.263 e. The van der Waals surface area contributed by atoms with Crippen LogP contribution in [0.5, 0.6) is 0 Å². The fourth-order valence-corrected chi connectivity index (χ4v) is 3.74. The first-order chi connectivity index (χ1) is 14.4. The Bertz CT molecular complexity index is 1080. The van der Waals surface area contributed by atoms with Crippen molar-refractivity contribution in [2.75, 3.05) is 23.0 Å². The van der Waals surface area contributed by atoms with Gasteiger partial charge in [0, 0.05) is 16.6 Å². The maximum Gasteiger partial charge on any atom is 0.263 e. The van der Waals surface area contributed by atoms with E-state index in [1.165, 1.54) is 11.8 Å². The maximum atomic E-state index is 13.6. The van der Waals surface area contributed by atoms with Crippen molar-refractivity contribution in [1.82, 2.24) is 5.01 Å². The molecule has 1 saturated heterocycles. The zero-order valence-electron chi connectivity index (χ0n) is 15.6. The summed E-state index contributed by atoms with van der Waals surface area (Å²) in [6, 6.07) is 7.68. The molecule has 3 amide bonds. The number of amides is 3. The van der Waals surface area contributed by atoms with Gasteiger partial charge in [0.25, 0.3) is 11.8 Å². The van der Waals surface area contributed by atoms with Crippen molar-refractivity contribution in [2.24, 2.45) is 10.3 Å². The van der Waals surface area contributed by atoms with Crippen LogP contribution >= 0.6 is 11.8 Å². The van der Waals surface area contributed by atoms with Gasteiger partial charge in [-0.05, 0) is 36.6 Å². The highest BCUT2D eigenvalue weighted by atomic mass is 32.2. The Morgan fingerprint density at radius 2 is 1.93 bits per heavy atom. The molecule has 4 rings (SSSR count). The summed E-state index contributed by atoms with van der Waals surface area (Å²) in [6.45, 7) is -0.307. The summed E-state index contributed by atoms with van der Waals surface area (Å²) < 4.78 is 26.7. The van der Waals surface area contributed by atoms with Gasteiger partial charge in [-0.25, -0.2) is 13.7 Å². The Balaban J connectivity index is 1.49. The third-order valence-electron chi connectivity index (χ3n) is 4.68. The molecule has 1 fully saturated rings. The lowest BCUT2D eigenvalue weighted by molar-refractivity contribution is -0.123. The van der Waals surface area contributed by atoms with Crippen molar-refractivity contribution in [1.29, 1.82) is 0 Å².